The minimum absolute atomic E-state index is 0.414. The highest BCUT2D eigenvalue weighted by molar-refractivity contribution is 6.30. The third kappa shape index (κ3) is 2.79. The van der Waals surface area contributed by atoms with Gasteiger partial charge in [0, 0.05) is 24.3 Å². The van der Waals surface area contributed by atoms with Gasteiger partial charge < -0.3 is 10.6 Å². The molecular weight excluding hydrogens is 212 g/mol. The highest BCUT2D eigenvalue weighted by Gasteiger charge is 2.13. The zero-order valence-corrected chi connectivity index (χ0v) is 9.51. The van der Waals surface area contributed by atoms with Gasteiger partial charge in [-0.05, 0) is 26.3 Å². The molecule has 0 spiro atoms. The van der Waals surface area contributed by atoms with E-state index in [0.29, 0.717) is 17.1 Å². The van der Waals surface area contributed by atoms with Crippen molar-refractivity contribution in [3.05, 3.63) is 16.9 Å². The first-order chi connectivity index (χ1) is 7.25. The number of hydrogen-bond donors (Lipinski definition) is 2. The number of rotatable bonds is 2. The van der Waals surface area contributed by atoms with Crippen LogP contribution in [0.1, 0.15) is 18.4 Å². The predicted molar refractivity (Wildman–Crippen MR) is 61.3 cm³/mol. The van der Waals surface area contributed by atoms with Gasteiger partial charge in [0.05, 0.1) is 0 Å². The number of piperidine rings is 1. The fourth-order valence-electron chi connectivity index (χ4n) is 1.65. The van der Waals surface area contributed by atoms with E-state index in [0.717, 1.165) is 25.1 Å². The SMILES string of the molecule is Cc1cnc(N[C@@H]2CCCNC2)nc1Cl. The lowest BCUT2D eigenvalue weighted by molar-refractivity contribution is 0.478. The van der Waals surface area contributed by atoms with Crippen molar-refractivity contribution in [2.75, 3.05) is 18.4 Å². The van der Waals surface area contributed by atoms with Crippen molar-refractivity contribution in [1.82, 2.24) is 15.3 Å². The third-order valence-electron chi connectivity index (χ3n) is 2.54. The molecule has 2 rings (SSSR count). The second-order valence-corrected chi connectivity index (χ2v) is 4.21. The Hall–Kier alpha value is -0.870. The maximum absolute atomic E-state index is 5.92. The Morgan fingerprint density at radius 3 is 3.13 bits per heavy atom. The summed E-state index contributed by atoms with van der Waals surface area (Å²) in [6.07, 6.45) is 4.09. The van der Waals surface area contributed by atoms with Crippen LogP contribution in [0, 0.1) is 6.92 Å². The molecule has 1 fully saturated rings. The Morgan fingerprint density at radius 1 is 1.60 bits per heavy atom. The Morgan fingerprint density at radius 2 is 2.47 bits per heavy atom. The van der Waals surface area contributed by atoms with E-state index in [1.807, 2.05) is 6.92 Å². The molecule has 0 aliphatic carbocycles. The van der Waals surface area contributed by atoms with Crippen LogP contribution in [0.2, 0.25) is 5.15 Å². The van der Waals surface area contributed by atoms with Crippen molar-refractivity contribution >= 4 is 17.5 Å². The van der Waals surface area contributed by atoms with E-state index in [2.05, 4.69) is 20.6 Å². The predicted octanol–water partition coefficient (Wildman–Crippen LogP) is 1.60. The number of aryl methyl sites for hydroxylation is 1. The molecule has 1 aromatic rings. The summed E-state index contributed by atoms with van der Waals surface area (Å²) in [7, 11) is 0. The van der Waals surface area contributed by atoms with Crippen LogP contribution in [0.3, 0.4) is 0 Å². The van der Waals surface area contributed by atoms with Gasteiger partial charge in [0.15, 0.2) is 0 Å². The van der Waals surface area contributed by atoms with Gasteiger partial charge in [-0.25, -0.2) is 9.97 Å². The fourth-order valence-corrected chi connectivity index (χ4v) is 1.78. The molecule has 1 aromatic heterocycles. The second kappa shape index (κ2) is 4.77. The van der Waals surface area contributed by atoms with E-state index in [9.17, 15) is 0 Å². The second-order valence-electron chi connectivity index (χ2n) is 3.86. The molecule has 0 aromatic carbocycles. The largest absolute Gasteiger partial charge is 0.350 e. The summed E-state index contributed by atoms with van der Waals surface area (Å²) in [5.41, 5.74) is 0.906. The van der Waals surface area contributed by atoms with Crippen LogP contribution in [-0.4, -0.2) is 29.1 Å². The molecule has 5 heteroatoms. The maximum atomic E-state index is 5.92. The van der Waals surface area contributed by atoms with Gasteiger partial charge in [0.2, 0.25) is 5.95 Å². The van der Waals surface area contributed by atoms with Gasteiger partial charge in [-0.15, -0.1) is 0 Å². The molecular formula is C10H15ClN4. The molecule has 0 amide bonds. The molecule has 1 saturated heterocycles. The molecule has 1 aliphatic heterocycles. The van der Waals surface area contributed by atoms with Crippen LogP contribution in [0.4, 0.5) is 5.95 Å². The van der Waals surface area contributed by atoms with Crippen LogP contribution in [-0.2, 0) is 0 Å². The molecule has 0 radical (unpaired) electrons. The van der Waals surface area contributed by atoms with E-state index in [1.54, 1.807) is 6.20 Å². The van der Waals surface area contributed by atoms with Gasteiger partial charge in [-0.3, -0.25) is 0 Å². The van der Waals surface area contributed by atoms with Gasteiger partial charge in [-0.1, -0.05) is 11.6 Å². The molecule has 15 heavy (non-hydrogen) atoms. The zero-order valence-electron chi connectivity index (χ0n) is 8.76. The van der Waals surface area contributed by atoms with Crippen LogP contribution in [0.5, 0.6) is 0 Å². The van der Waals surface area contributed by atoms with Crippen molar-refractivity contribution < 1.29 is 0 Å². The fraction of sp³-hybridized carbons (Fsp3) is 0.600. The summed E-state index contributed by atoms with van der Waals surface area (Å²) in [6, 6.07) is 0.414. The first kappa shape index (κ1) is 10.6. The maximum Gasteiger partial charge on any atom is 0.224 e. The highest BCUT2D eigenvalue weighted by Crippen LogP contribution is 2.14. The number of hydrogen-bond acceptors (Lipinski definition) is 4. The summed E-state index contributed by atoms with van der Waals surface area (Å²) in [6.45, 7) is 3.97. The average Bonchev–Trinajstić information content (AvgIpc) is 2.25. The van der Waals surface area contributed by atoms with E-state index in [1.165, 1.54) is 6.42 Å². The number of aromatic nitrogens is 2. The summed E-state index contributed by atoms with van der Waals surface area (Å²) < 4.78 is 0. The minimum Gasteiger partial charge on any atom is -0.350 e. The quantitative estimate of drug-likeness (QED) is 0.753. The minimum atomic E-state index is 0.414. The van der Waals surface area contributed by atoms with Crippen LogP contribution >= 0.6 is 11.6 Å². The van der Waals surface area contributed by atoms with Crippen molar-refractivity contribution in [1.29, 1.82) is 0 Å². The summed E-state index contributed by atoms with van der Waals surface area (Å²) in [4.78, 5) is 8.38. The van der Waals surface area contributed by atoms with Crippen molar-refractivity contribution in [2.45, 2.75) is 25.8 Å². The highest BCUT2D eigenvalue weighted by atomic mass is 35.5. The summed E-state index contributed by atoms with van der Waals surface area (Å²) in [5, 5.41) is 7.13. The number of halogens is 1. The Bertz CT molecular complexity index is 336. The Balaban J connectivity index is 2.00. The van der Waals surface area contributed by atoms with E-state index in [-0.39, 0.29) is 0 Å². The molecule has 2 N–H and O–H groups in total. The van der Waals surface area contributed by atoms with Crippen molar-refractivity contribution in [3.8, 4) is 0 Å². The van der Waals surface area contributed by atoms with Gasteiger partial charge in [-0.2, -0.15) is 0 Å². The van der Waals surface area contributed by atoms with E-state index < -0.39 is 0 Å². The van der Waals surface area contributed by atoms with Gasteiger partial charge in [0.1, 0.15) is 5.15 Å². The molecule has 4 nitrogen and oxygen atoms in total. The molecule has 0 saturated carbocycles. The first-order valence-electron chi connectivity index (χ1n) is 5.22. The third-order valence-corrected chi connectivity index (χ3v) is 2.92. The van der Waals surface area contributed by atoms with Crippen LogP contribution in [0.15, 0.2) is 6.20 Å². The molecule has 1 aliphatic rings. The monoisotopic (exact) mass is 226 g/mol. The number of nitrogens with zero attached hydrogens (tertiary/aromatic N) is 2. The zero-order chi connectivity index (χ0) is 10.7. The Labute approximate surface area is 94.5 Å². The van der Waals surface area contributed by atoms with Crippen LogP contribution < -0.4 is 10.6 Å². The summed E-state index contributed by atoms with van der Waals surface area (Å²) in [5.74, 6) is 0.624. The smallest absolute Gasteiger partial charge is 0.224 e. The molecule has 0 unspecified atom stereocenters. The standard InChI is InChI=1S/C10H15ClN4/c1-7-5-13-10(15-9(7)11)14-8-3-2-4-12-6-8/h5,8,12H,2-4,6H2,1H3,(H,13,14,15)/t8-/m1/s1. The summed E-state index contributed by atoms with van der Waals surface area (Å²) >= 11 is 5.92. The number of nitrogens with one attached hydrogen (secondary N) is 2. The van der Waals surface area contributed by atoms with Gasteiger partial charge >= 0.3 is 0 Å². The number of anilines is 1. The normalized spacial score (nSPS) is 21.3. The van der Waals surface area contributed by atoms with Crippen LogP contribution in [0.25, 0.3) is 0 Å². The Kier molecular flexibility index (Phi) is 3.38. The average molecular weight is 227 g/mol. The molecule has 0 bridgehead atoms. The lowest BCUT2D eigenvalue weighted by Crippen LogP contribution is -2.38. The topological polar surface area (TPSA) is 49.8 Å². The first-order valence-corrected chi connectivity index (χ1v) is 5.60. The lowest BCUT2D eigenvalue weighted by Gasteiger charge is -2.23. The van der Waals surface area contributed by atoms with E-state index >= 15 is 0 Å². The molecule has 82 valence electrons. The molecule has 1 atom stereocenters. The van der Waals surface area contributed by atoms with Crippen molar-refractivity contribution in [2.24, 2.45) is 0 Å². The van der Waals surface area contributed by atoms with Crippen molar-refractivity contribution in [3.63, 3.8) is 0 Å². The molecule has 2 heterocycles. The lowest BCUT2D eigenvalue weighted by atomic mass is 10.1. The van der Waals surface area contributed by atoms with Gasteiger partial charge in [0.25, 0.3) is 0 Å². The van der Waals surface area contributed by atoms with E-state index in [4.69, 9.17) is 11.6 Å².